The first-order valence-electron chi connectivity index (χ1n) is 7.82. The van der Waals surface area contributed by atoms with Crippen molar-refractivity contribution in [1.29, 1.82) is 0 Å². The topological polar surface area (TPSA) is 59.2 Å². The molecule has 0 N–H and O–H groups in total. The monoisotopic (exact) mass is 299 g/mol. The molecule has 0 unspecified atom stereocenters. The highest BCUT2D eigenvalue weighted by atomic mass is 16.4. The largest absolute Gasteiger partial charge is 0.425 e. The van der Waals surface area contributed by atoms with E-state index in [9.17, 15) is 4.79 Å². The quantitative estimate of drug-likeness (QED) is 0.873. The van der Waals surface area contributed by atoms with E-state index in [2.05, 4.69) is 10.2 Å². The summed E-state index contributed by atoms with van der Waals surface area (Å²) in [7, 11) is 0. The van der Waals surface area contributed by atoms with Gasteiger partial charge in [0, 0.05) is 30.5 Å². The number of likely N-dealkylation sites (tertiary alicyclic amines) is 1. The number of benzene rings is 1. The molecule has 3 rings (SSSR count). The lowest BCUT2D eigenvalue weighted by Gasteiger charge is -2.30. The molecule has 5 nitrogen and oxygen atoms in total. The van der Waals surface area contributed by atoms with Crippen molar-refractivity contribution in [2.75, 3.05) is 13.1 Å². The Balaban J connectivity index is 1.61. The van der Waals surface area contributed by atoms with Crippen molar-refractivity contribution in [3.63, 3.8) is 0 Å². The van der Waals surface area contributed by atoms with Crippen LogP contribution in [0.1, 0.15) is 60.7 Å². The highest BCUT2D eigenvalue weighted by Gasteiger charge is 2.28. The molecule has 0 aliphatic carbocycles. The van der Waals surface area contributed by atoms with E-state index in [1.54, 1.807) is 0 Å². The summed E-state index contributed by atoms with van der Waals surface area (Å²) in [6.07, 6.45) is 1.75. The minimum atomic E-state index is 0.104. The van der Waals surface area contributed by atoms with E-state index in [1.807, 2.05) is 49.1 Å². The van der Waals surface area contributed by atoms with Crippen LogP contribution in [0.15, 0.2) is 34.7 Å². The van der Waals surface area contributed by atoms with E-state index in [0.717, 1.165) is 37.4 Å². The van der Waals surface area contributed by atoms with Gasteiger partial charge in [0.2, 0.25) is 11.8 Å². The van der Waals surface area contributed by atoms with Crippen LogP contribution in [0.4, 0.5) is 0 Å². The first kappa shape index (κ1) is 14.8. The second-order valence-electron chi connectivity index (χ2n) is 6.07. The number of piperidine rings is 1. The van der Waals surface area contributed by atoms with Gasteiger partial charge in [0.25, 0.3) is 5.91 Å². The first-order valence-corrected chi connectivity index (χ1v) is 7.82. The highest BCUT2D eigenvalue weighted by Crippen LogP contribution is 2.28. The summed E-state index contributed by atoms with van der Waals surface area (Å²) in [5.74, 6) is 2.03. The lowest BCUT2D eigenvalue weighted by molar-refractivity contribution is 0.0706. The molecule has 0 radical (unpaired) electrons. The van der Waals surface area contributed by atoms with Gasteiger partial charge in [-0.25, -0.2) is 0 Å². The van der Waals surface area contributed by atoms with Gasteiger partial charge in [0.1, 0.15) is 0 Å². The molecule has 2 aromatic rings. The second kappa shape index (κ2) is 6.30. The molecule has 22 heavy (non-hydrogen) atoms. The number of amides is 1. The average Bonchev–Trinajstić information content (AvgIpc) is 3.05. The van der Waals surface area contributed by atoms with Crippen LogP contribution in [0.5, 0.6) is 0 Å². The van der Waals surface area contributed by atoms with Gasteiger partial charge in [-0.2, -0.15) is 0 Å². The molecule has 116 valence electrons. The summed E-state index contributed by atoms with van der Waals surface area (Å²) in [6.45, 7) is 5.55. The minimum absolute atomic E-state index is 0.104. The van der Waals surface area contributed by atoms with Crippen molar-refractivity contribution >= 4 is 5.91 Å². The number of nitrogens with zero attached hydrogens (tertiary/aromatic N) is 3. The number of carbonyl (C=O) groups excluding carboxylic acids is 1. The van der Waals surface area contributed by atoms with E-state index < -0.39 is 0 Å². The van der Waals surface area contributed by atoms with Gasteiger partial charge in [0.15, 0.2) is 0 Å². The normalized spacial score (nSPS) is 16.2. The zero-order chi connectivity index (χ0) is 15.5. The second-order valence-corrected chi connectivity index (χ2v) is 6.07. The predicted octanol–water partition coefficient (Wildman–Crippen LogP) is 3.21. The van der Waals surface area contributed by atoms with Crippen LogP contribution >= 0.6 is 0 Å². The molecule has 1 aromatic heterocycles. The van der Waals surface area contributed by atoms with Gasteiger partial charge >= 0.3 is 0 Å². The van der Waals surface area contributed by atoms with Gasteiger partial charge in [-0.1, -0.05) is 32.0 Å². The molecular weight excluding hydrogens is 278 g/mol. The van der Waals surface area contributed by atoms with Crippen molar-refractivity contribution in [2.24, 2.45) is 0 Å². The number of rotatable bonds is 3. The average molecular weight is 299 g/mol. The summed E-state index contributed by atoms with van der Waals surface area (Å²) in [4.78, 5) is 14.3. The lowest BCUT2D eigenvalue weighted by Crippen LogP contribution is -2.37. The summed E-state index contributed by atoms with van der Waals surface area (Å²) >= 11 is 0. The van der Waals surface area contributed by atoms with E-state index >= 15 is 0 Å². The van der Waals surface area contributed by atoms with Gasteiger partial charge in [-0.3, -0.25) is 4.79 Å². The number of aromatic nitrogens is 2. The van der Waals surface area contributed by atoms with Crippen molar-refractivity contribution in [2.45, 2.75) is 38.5 Å². The van der Waals surface area contributed by atoms with Crippen LogP contribution < -0.4 is 0 Å². The van der Waals surface area contributed by atoms with Gasteiger partial charge in [-0.05, 0) is 25.0 Å². The highest BCUT2D eigenvalue weighted by molar-refractivity contribution is 5.94. The third-order valence-corrected chi connectivity index (χ3v) is 4.10. The summed E-state index contributed by atoms with van der Waals surface area (Å²) in [5.41, 5.74) is 0.751. The van der Waals surface area contributed by atoms with Crippen molar-refractivity contribution in [3.8, 4) is 0 Å². The predicted molar refractivity (Wildman–Crippen MR) is 82.7 cm³/mol. The van der Waals surface area contributed by atoms with E-state index in [0.29, 0.717) is 5.89 Å². The molecule has 1 fully saturated rings. The maximum Gasteiger partial charge on any atom is 0.253 e. The molecule has 1 aliphatic rings. The Morgan fingerprint density at radius 1 is 1.18 bits per heavy atom. The van der Waals surface area contributed by atoms with Crippen molar-refractivity contribution in [3.05, 3.63) is 47.7 Å². The Morgan fingerprint density at radius 3 is 2.45 bits per heavy atom. The molecule has 0 bridgehead atoms. The molecule has 1 aromatic carbocycles. The molecular formula is C17H21N3O2. The summed E-state index contributed by atoms with van der Waals surface area (Å²) < 4.78 is 5.74. The Kier molecular flexibility index (Phi) is 4.22. The standard InChI is InChI=1S/C17H21N3O2/c1-12(2)15-18-19-16(22-15)13-8-10-20(11-9-13)17(21)14-6-4-3-5-7-14/h3-7,12-13H,8-11H2,1-2H3. The van der Waals surface area contributed by atoms with E-state index in [-0.39, 0.29) is 17.7 Å². The van der Waals surface area contributed by atoms with Crippen LogP contribution in [0, 0.1) is 0 Å². The fraction of sp³-hybridized carbons (Fsp3) is 0.471. The molecule has 1 amide bonds. The Bertz CT molecular complexity index is 628. The van der Waals surface area contributed by atoms with Gasteiger partial charge in [-0.15, -0.1) is 10.2 Å². The Hall–Kier alpha value is -2.17. The number of carbonyl (C=O) groups is 1. The Labute approximate surface area is 130 Å². The summed E-state index contributed by atoms with van der Waals surface area (Å²) in [6, 6.07) is 9.44. The molecule has 2 heterocycles. The van der Waals surface area contributed by atoms with Crippen LogP contribution in [-0.4, -0.2) is 34.1 Å². The van der Waals surface area contributed by atoms with Gasteiger partial charge in [0.05, 0.1) is 0 Å². The maximum absolute atomic E-state index is 12.4. The van der Waals surface area contributed by atoms with Crippen LogP contribution in [0.3, 0.4) is 0 Å². The van der Waals surface area contributed by atoms with Crippen LogP contribution in [0.2, 0.25) is 0 Å². The van der Waals surface area contributed by atoms with E-state index in [4.69, 9.17) is 4.42 Å². The van der Waals surface area contributed by atoms with Crippen molar-refractivity contribution < 1.29 is 9.21 Å². The van der Waals surface area contributed by atoms with Gasteiger partial charge < -0.3 is 9.32 Å². The van der Waals surface area contributed by atoms with Crippen LogP contribution in [0.25, 0.3) is 0 Å². The first-order chi connectivity index (χ1) is 10.6. The SMILES string of the molecule is CC(C)c1nnc(C2CCN(C(=O)c3ccccc3)CC2)o1. The third kappa shape index (κ3) is 3.03. The maximum atomic E-state index is 12.4. The lowest BCUT2D eigenvalue weighted by atomic mass is 9.96. The van der Waals surface area contributed by atoms with Crippen molar-refractivity contribution in [1.82, 2.24) is 15.1 Å². The summed E-state index contributed by atoms with van der Waals surface area (Å²) in [5, 5.41) is 8.26. The number of hydrogen-bond donors (Lipinski definition) is 0. The zero-order valence-corrected chi connectivity index (χ0v) is 13.0. The molecule has 1 aliphatic heterocycles. The third-order valence-electron chi connectivity index (χ3n) is 4.10. The minimum Gasteiger partial charge on any atom is -0.425 e. The van der Waals surface area contributed by atoms with Crippen LogP contribution in [-0.2, 0) is 0 Å². The Morgan fingerprint density at radius 2 is 1.86 bits per heavy atom. The molecule has 0 saturated carbocycles. The smallest absolute Gasteiger partial charge is 0.253 e. The number of hydrogen-bond acceptors (Lipinski definition) is 4. The van der Waals surface area contributed by atoms with E-state index in [1.165, 1.54) is 0 Å². The molecule has 5 heteroatoms. The fourth-order valence-corrected chi connectivity index (χ4v) is 2.74. The molecule has 0 spiro atoms. The zero-order valence-electron chi connectivity index (χ0n) is 13.0. The molecule has 0 atom stereocenters. The fourth-order valence-electron chi connectivity index (χ4n) is 2.74. The molecule has 1 saturated heterocycles.